The molecule has 1 aliphatic heterocycles. The molecule has 2 aromatic heterocycles. The Hall–Kier alpha value is -4.17. The zero-order valence-corrected chi connectivity index (χ0v) is 18.9. The average Bonchev–Trinajstić information content (AvgIpc) is 2.89. The fourth-order valence-corrected chi connectivity index (χ4v) is 4.49. The molecule has 0 radical (unpaired) electrons. The van der Waals surface area contributed by atoms with Gasteiger partial charge in [-0.1, -0.05) is 36.4 Å². The van der Waals surface area contributed by atoms with Crippen molar-refractivity contribution in [3.63, 3.8) is 0 Å². The van der Waals surface area contributed by atoms with Crippen LogP contribution in [0.15, 0.2) is 76.2 Å². The van der Waals surface area contributed by atoms with Gasteiger partial charge in [0.05, 0.1) is 13.2 Å². The van der Waals surface area contributed by atoms with Crippen molar-refractivity contribution < 1.29 is 24.2 Å². The Labute approximate surface area is 201 Å². The average molecular weight is 472 g/mol. The van der Waals surface area contributed by atoms with Crippen molar-refractivity contribution in [3.05, 3.63) is 88.3 Å². The lowest BCUT2D eigenvalue weighted by Gasteiger charge is -2.29. The molecular weight excluding hydrogens is 448 g/mol. The van der Waals surface area contributed by atoms with Gasteiger partial charge < -0.3 is 24.3 Å². The number of pyridine rings is 1. The fourth-order valence-electron chi connectivity index (χ4n) is 4.49. The Morgan fingerprint density at radius 1 is 1.03 bits per heavy atom. The molecule has 1 saturated heterocycles. The lowest BCUT2D eigenvalue weighted by molar-refractivity contribution is -0.135. The normalized spacial score (nSPS) is 14.7. The number of aromatic nitrogens is 1. The van der Waals surface area contributed by atoms with Gasteiger partial charge in [-0.05, 0) is 11.6 Å². The number of carbonyl (C=O) groups is 1. The number of phenolic OH excluding ortho intramolecular Hbond substituents is 2. The largest absolute Gasteiger partial charge is 0.507 e. The standard InChI is InChI=1S/C27H24N2O6/c30-20-14-21(31)26-22(32)15-23(17-5-2-1-3-6-17)35-27(26)25(20)19(18-7-4-8-28-16-18)13-24(33)29-9-11-34-12-10-29/h1-8,14-16,19,30-31H,9-13H2/t19-/m0/s1. The highest BCUT2D eigenvalue weighted by molar-refractivity contribution is 5.91. The number of morpholine rings is 1. The molecule has 35 heavy (non-hydrogen) atoms. The summed E-state index contributed by atoms with van der Waals surface area (Å²) in [4.78, 5) is 32.2. The minimum absolute atomic E-state index is 0.0123. The highest BCUT2D eigenvalue weighted by atomic mass is 16.5. The van der Waals surface area contributed by atoms with Crippen LogP contribution in [-0.2, 0) is 9.53 Å². The molecule has 2 N–H and O–H groups in total. The van der Waals surface area contributed by atoms with Crippen molar-refractivity contribution in [2.45, 2.75) is 12.3 Å². The molecule has 5 rings (SSSR count). The van der Waals surface area contributed by atoms with E-state index in [0.717, 1.165) is 6.07 Å². The summed E-state index contributed by atoms with van der Waals surface area (Å²) in [5, 5.41) is 21.5. The Bertz CT molecular complexity index is 1410. The monoisotopic (exact) mass is 472 g/mol. The van der Waals surface area contributed by atoms with E-state index in [4.69, 9.17) is 9.15 Å². The van der Waals surface area contributed by atoms with Gasteiger partial charge in [-0.3, -0.25) is 14.6 Å². The van der Waals surface area contributed by atoms with Crippen LogP contribution >= 0.6 is 0 Å². The third-order valence-electron chi connectivity index (χ3n) is 6.23. The molecule has 0 aliphatic carbocycles. The van der Waals surface area contributed by atoms with Crippen LogP contribution in [-0.4, -0.2) is 52.3 Å². The highest BCUT2D eigenvalue weighted by Gasteiger charge is 2.30. The van der Waals surface area contributed by atoms with E-state index >= 15 is 0 Å². The van der Waals surface area contributed by atoms with Gasteiger partial charge >= 0.3 is 0 Å². The maximum Gasteiger partial charge on any atom is 0.223 e. The number of hydrogen-bond acceptors (Lipinski definition) is 7. The van der Waals surface area contributed by atoms with Gasteiger partial charge in [-0.2, -0.15) is 0 Å². The first-order valence-electron chi connectivity index (χ1n) is 11.4. The van der Waals surface area contributed by atoms with Gasteiger partial charge in [-0.25, -0.2) is 0 Å². The number of nitrogens with zero attached hydrogens (tertiary/aromatic N) is 2. The van der Waals surface area contributed by atoms with Crippen LogP contribution in [0.1, 0.15) is 23.5 Å². The van der Waals surface area contributed by atoms with Gasteiger partial charge in [0.2, 0.25) is 5.91 Å². The summed E-state index contributed by atoms with van der Waals surface area (Å²) in [5.41, 5.74) is 1.18. The molecule has 4 aromatic rings. The highest BCUT2D eigenvalue weighted by Crippen LogP contribution is 2.42. The van der Waals surface area contributed by atoms with Gasteiger partial charge in [0.1, 0.15) is 28.2 Å². The maximum absolute atomic E-state index is 13.3. The van der Waals surface area contributed by atoms with Crippen LogP contribution in [0, 0.1) is 0 Å². The molecular formula is C27H24N2O6. The van der Waals surface area contributed by atoms with E-state index < -0.39 is 11.3 Å². The summed E-state index contributed by atoms with van der Waals surface area (Å²) in [5.74, 6) is -1.16. The fraction of sp³-hybridized carbons (Fsp3) is 0.222. The van der Waals surface area contributed by atoms with Crippen LogP contribution in [0.3, 0.4) is 0 Å². The van der Waals surface area contributed by atoms with Crippen LogP contribution in [0.5, 0.6) is 11.5 Å². The van der Waals surface area contributed by atoms with Crippen molar-refractivity contribution >= 4 is 16.9 Å². The number of carbonyl (C=O) groups excluding carboxylic acids is 1. The molecule has 3 heterocycles. The van der Waals surface area contributed by atoms with Crippen molar-refractivity contribution in [1.29, 1.82) is 0 Å². The smallest absolute Gasteiger partial charge is 0.223 e. The lowest BCUT2D eigenvalue weighted by atomic mass is 9.86. The van der Waals surface area contributed by atoms with Crippen molar-refractivity contribution in [2.75, 3.05) is 26.3 Å². The Morgan fingerprint density at radius 2 is 1.80 bits per heavy atom. The topological polar surface area (TPSA) is 113 Å². The van der Waals surface area contributed by atoms with E-state index in [-0.39, 0.29) is 40.4 Å². The predicted molar refractivity (Wildman–Crippen MR) is 129 cm³/mol. The summed E-state index contributed by atoms with van der Waals surface area (Å²) >= 11 is 0. The number of hydrogen-bond donors (Lipinski definition) is 2. The predicted octanol–water partition coefficient (Wildman–Crippen LogP) is 3.65. The Kier molecular flexibility index (Phi) is 6.20. The lowest BCUT2D eigenvalue weighted by Crippen LogP contribution is -2.41. The molecule has 0 unspecified atom stereocenters. The first-order valence-corrected chi connectivity index (χ1v) is 11.4. The van der Waals surface area contributed by atoms with Crippen LogP contribution in [0.4, 0.5) is 0 Å². The molecule has 1 atom stereocenters. The third-order valence-corrected chi connectivity index (χ3v) is 6.23. The van der Waals surface area contributed by atoms with E-state index in [0.29, 0.717) is 43.2 Å². The van der Waals surface area contributed by atoms with Crippen LogP contribution < -0.4 is 5.43 Å². The summed E-state index contributed by atoms with van der Waals surface area (Å²) < 4.78 is 11.5. The summed E-state index contributed by atoms with van der Waals surface area (Å²) in [6, 6.07) is 15.1. The van der Waals surface area contributed by atoms with Crippen LogP contribution in [0.25, 0.3) is 22.3 Å². The number of amides is 1. The molecule has 8 nitrogen and oxygen atoms in total. The SMILES string of the molecule is O=C(C[C@@H](c1cccnc1)c1c(O)cc(O)c2c(=O)cc(-c3ccccc3)oc12)N1CCOCC1. The minimum Gasteiger partial charge on any atom is -0.507 e. The molecule has 1 fully saturated rings. The third kappa shape index (κ3) is 4.48. The maximum atomic E-state index is 13.3. The Balaban J connectivity index is 1.71. The molecule has 0 saturated carbocycles. The molecule has 0 spiro atoms. The van der Waals surface area contributed by atoms with E-state index in [2.05, 4.69) is 4.98 Å². The molecule has 178 valence electrons. The van der Waals surface area contributed by atoms with E-state index in [1.54, 1.807) is 35.5 Å². The second-order valence-electron chi connectivity index (χ2n) is 8.41. The summed E-state index contributed by atoms with van der Waals surface area (Å²) in [7, 11) is 0. The number of benzene rings is 2. The summed E-state index contributed by atoms with van der Waals surface area (Å²) in [6.45, 7) is 1.89. The van der Waals surface area contributed by atoms with Crippen molar-refractivity contribution in [2.24, 2.45) is 0 Å². The number of ether oxygens (including phenoxy) is 1. The quantitative estimate of drug-likeness (QED) is 0.456. The first kappa shape index (κ1) is 22.6. The Morgan fingerprint density at radius 3 is 2.51 bits per heavy atom. The van der Waals surface area contributed by atoms with Gasteiger partial charge in [0, 0.05) is 61.1 Å². The second kappa shape index (κ2) is 9.60. The van der Waals surface area contributed by atoms with Gasteiger partial charge in [-0.15, -0.1) is 0 Å². The molecule has 1 amide bonds. The number of rotatable bonds is 5. The zero-order chi connectivity index (χ0) is 24.4. The molecule has 0 bridgehead atoms. The van der Waals surface area contributed by atoms with E-state index in [1.165, 1.54) is 6.07 Å². The minimum atomic E-state index is -0.670. The van der Waals surface area contributed by atoms with Crippen molar-refractivity contribution in [1.82, 2.24) is 9.88 Å². The number of phenols is 2. The molecule has 8 heteroatoms. The summed E-state index contributed by atoms with van der Waals surface area (Å²) in [6.07, 6.45) is 3.25. The second-order valence-corrected chi connectivity index (χ2v) is 8.41. The van der Waals surface area contributed by atoms with E-state index in [9.17, 15) is 19.8 Å². The molecule has 1 aliphatic rings. The number of fused-ring (bicyclic) bond motifs is 1. The van der Waals surface area contributed by atoms with Gasteiger partial charge in [0.15, 0.2) is 5.43 Å². The van der Waals surface area contributed by atoms with Crippen LogP contribution in [0.2, 0.25) is 0 Å². The van der Waals surface area contributed by atoms with E-state index in [1.807, 2.05) is 24.3 Å². The number of aromatic hydroxyl groups is 2. The zero-order valence-electron chi connectivity index (χ0n) is 18.9. The van der Waals surface area contributed by atoms with Crippen molar-refractivity contribution in [3.8, 4) is 22.8 Å². The molecule has 2 aromatic carbocycles. The van der Waals surface area contributed by atoms with Gasteiger partial charge in [0.25, 0.3) is 0 Å². The first-order chi connectivity index (χ1) is 17.0.